The van der Waals surface area contributed by atoms with Crippen molar-refractivity contribution in [1.29, 1.82) is 0 Å². The Bertz CT molecular complexity index is 3510. The van der Waals surface area contributed by atoms with Gasteiger partial charge in [0.05, 0.1) is 11.2 Å². The van der Waals surface area contributed by atoms with Gasteiger partial charge in [-0.2, -0.15) is 0 Å². The Kier molecular flexibility index (Phi) is 7.82. The van der Waals surface area contributed by atoms with Gasteiger partial charge in [-0.05, 0) is 60.6 Å². The van der Waals surface area contributed by atoms with Gasteiger partial charge in [0.15, 0.2) is 17.5 Å². The Morgan fingerprint density at radius 2 is 0.683 bits per heavy atom. The van der Waals surface area contributed by atoms with Gasteiger partial charge in [0.2, 0.25) is 0 Å². The van der Waals surface area contributed by atoms with E-state index in [1.807, 2.05) is 60.7 Å². The molecule has 0 atom stereocenters. The van der Waals surface area contributed by atoms with Gasteiger partial charge in [0.25, 0.3) is 0 Å². The first-order chi connectivity index (χ1) is 29.7. The van der Waals surface area contributed by atoms with Crippen LogP contribution in [-0.2, 0) is 0 Å². The summed E-state index contributed by atoms with van der Waals surface area (Å²) in [6.07, 6.45) is 0. The number of fused-ring (bicyclic) bond motifs is 3. The predicted octanol–water partition coefficient (Wildman–Crippen LogP) is 14.5. The molecule has 10 aromatic carbocycles. The number of para-hydroxylation sites is 1. The van der Waals surface area contributed by atoms with E-state index in [4.69, 9.17) is 19.9 Å². The van der Waals surface area contributed by atoms with Crippen LogP contribution in [-0.4, -0.2) is 19.9 Å². The van der Waals surface area contributed by atoms with E-state index in [1.165, 1.54) is 54.4 Å². The lowest BCUT2D eigenvalue weighted by Crippen LogP contribution is -2.00. The van der Waals surface area contributed by atoms with Gasteiger partial charge in [-0.1, -0.05) is 200 Å². The molecule has 0 amide bonds. The molecule has 60 heavy (non-hydrogen) atoms. The minimum Gasteiger partial charge on any atom is -0.247 e. The largest absolute Gasteiger partial charge is 0.247 e. The molecule has 0 aliphatic rings. The molecule has 2 aromatic heterocycles. The van der Waals surface area contributed by atoms with Crippen LogP contribution in [0.25, 0.3) is 122 Å². The van der Waals surface area contributed by atoms with Crippen molar-refractivity contribution in [2.45, 2.75) is 0 Å². The molecule has 0 saturated heterocycles. The highest BCUT2D eigenvalue weighted by Crippen LogP contribution is 2.45. The van der Waals surface area contributed by atoms with Crippen molar-refractivity contribution in [3.8, 4) is 67.7 Å². The molecule has 0 fully saturated rings. The highest BCUT2D eigenvalue weighted by Gasteiger charge is 2.20. The Morgan fingerprint density at radius 1 is 0.233 bits per heavy atom. The molecule has 0 bridgehead atoms. The Hall–Kier alpha value is -8.08. The molecule has 2 heterocycles. The van der Waals surface area contributed by atoms with E-state index in [1.54, 1.807) is 0 Å². The van der Waals surface area contributed by atoms with Gasteiger partial charge in [0.1, 0.15) is 0 Å². The first kappa shape index (κ1) is 34.0. The summed E-state index contributed by atoms with van der Waals surface area (Å²) in [5, 5.41) is 10.9. The second-order valence-corrected chi connectivity index (χ2v) is 15.3. The number of pyridine rings is 1. The second kappa shape index (κ2) is 13.8. The standard InChI is InChI=1S/C56H34N4/c1-4-13-35(14-5-1)43-20-12-21-48-52(43)47-19-10-11-22-49(47)57-53(48)46-34-30-38-28-32-44-42(31-27-37-29-33-45(46)51(38)50(37)44)36-23-25-41(26-24-36)56-59-54(39-15-6-2-7-16-39)58-55(60-56)40-17-8-3-9-18-40/h1-34H. The fourth-order valence-electron chi connectivity index (χ4n) is 9.06. The summed E-state index contributed by atoms with van der Waals surface area (Å²) in [5.41, 5.74) is 10.7. The molecule has 0 aliphatic heterocycles. The topological polar surface area (TPSA) is 51.6 Å². The third kappa shape index (κ3) is 5.53. The van der Waals surface area contributed by atoms with Crippen LogP contribution >= 0.6 is 0 Å². The molecule has 0 aliphatic carbocycles. The predicted molar refractivity (Wildman–Crippen MR) is 249 cm³/mol. The summed E-state index contributed by atoms with van der Waals surface area (Å²) >= 11 is 0. The van der Waals surface area contributed by atoms with Gasteiger partial charge in [-0.25, -0.2) is 19.9 Å². The molecule has 0 N–H and O–H groups in total. The van der Waals surface area contributed by atoms with Crippen molar-refractivity contribution in [1.82, 2.24) is 19.9 Å². The van der Waals surface area contributed by atoms with E-state index in [0.29, 0.717) is 17.5 Å². The SMILES string of the molecule is c1ccc(-c2nc(-c3ccccc3)nc(-c3ccc(-c4ccc5ccc6c(-c7nc8ccccc8c8c(-c9ccccc9)cccc78)ccc7ccc4c5c76)cc3)n2)cc1. The number of hydrogen-bond acceptors (Lipinski definition) is 4. The van der Waals surface area contributed by atoms with Crippen molar-refractivity contribution in [2.24, 2.45) is 0 Å². The average Bonchev–Trinajstić information content (AvgIpc) is 3.33. The molecule has 4 nitrogen and oxygen atoms in total. The highest BCUT2D eigenvalue weighted by atomic mass is 15.0. The maximum Gasteiger partial charge on any atom is 0.164 e. The summed E-state index contributed by atoms with van der Waals surface area (Å²) in [4.78, 5) is 20.2. The fourth-order valence-corrected chi connectivity index (χ4v) is 9.06. The van der Waals surface area contributed by atoms with Crippen molar-refractivity contribution in [3.05, 3.63) is 206 Å². The molecule has 0 saturated carbocycles. The van der Waals surface area contributed by atoms with Gasteiger partial charge in [-0.3, -0.25) is 0 Å². The number of nitrogens with zero attached hydrogens (tertiary/aromatic N) is 4. The zero-order chi connectivity index (χ0) is 39.6. The van der Waals surface area contributed by atoms with E-state index in [0.717, 1.165) is 49.8 Å². The minimum absolute atomic E-state index is 0.642. The summed E-state index contributed by atoms with van der Waals surface area (Å²) in [6.45, 7) is 0. The molecule has 12 aromatic rings. The molecule has 12 rings (SSSR count). The maximum atomic E-state index is 5.42. The molecule has 0 unspecified atom stereocenters. The number of rotatable bonds is 6. The molecule has 4 heteroatoms. The Labute approximate surface area is 346 Å². The molecule has 0 radical (unpaired) electrons. The fraction of sp³-hybridized carbons (Fsp3) is 0. The summed E-state index contributed by atoms with van der Waals surface area (Å²) in [5.74, 6) is 1.94. The minimum atomic E-state index is 0.642. The second-order valence-electron chi connectivity index (χ2n) is 15.3. The lowest BCUT2D eigenvalue weighted by Gasteiger charge is -2.18. The molecular weight excluding hydrogens is 729 g/mol. The molecule has 278 valence electrons. The van der Waals surface area contributed by atoms with Gasteiger partial charge in [0, 0.05) is 38.4 Å². The van der Waals surface area contributed by atoms with Crippen LogP contribution in [0.2, 0.25) is 0 Å². The number of hydrogen-bond donors (Lipinski definition) is 0. The summed E-state index contributed by atoms with van der Waals surface area (Å²) in [6, 6.07) is 72.9. The van der Waals surface area contributed by atoms with Gasteiger partial charge < -0.3 is 0 Å². The lowest BCUT2D eigenvalue weighted by atomic mass is 9.86. The van der Waals surface area contributed by atoms with Crippen LogP contribution < -0.4 is 0 Å². The van der Waals surface area contributed by atoms with Crippen molar-refractivity contribution in [3.63, 3.8) is 0 Å². The lowest BCUT2D eigenvalue weighted by molar-refractivity contribution is 1.07. The first-order valence-corrected chi connectivity index (χ1v) is 20.3. The summed E-state index contributed by atoms with van der Waals surface area (Å²) < 4.78 is 0. The van der Waals surface area contributed by atoms with E-state index >= 15 is 0 Å². The molecule has 0 spiro atoms. The highest BCUT2D eigenvalue weighted by molar-refractivity contribution is 6.28. The zero-order valence-corrected chi connectivity index (χ0v) is 32.4. The van der Waals surface area contributed by atoms with Crippen LogP contribution in [0.1, 0.15) is 0 Å². The first-order valence-electron chi connectivity index (χ1n) is 20.3. The van der Waals surface area contributed by atoms with Crippen molar-refractivity contribution >= 4 is 54.0 Å². The summed E-state index contributed by atoms with van der Waals surface area (Å²) in [7, 11) is 0. The van der Waals surface area contributed by atoms with Crippen LogP contribution in [0.4, 0.5) is 0 Å². The van der Waals surface area contributed by atoms with E-state index in [2.05, 4.69) is 146 Å². The third-order valence-electron chi connectivity index (χ3n) is 11.9. The van der Waals surface area contributed by atoms with E-state index < -0.39 is 0 Å². The van der Waals surface area contributed by atoms with Gasteiger partial charge in [-0.15, -0.1) is 0 Å². The zero-order valence-electron chi connectivity index (χ0n) is 32.4. The van der Waals surface area contributed by atoms with Crippen LogP contribution in [0.15, 0.2) is 206 Å². The average molecular weight is 763 g/mol. The van der Waals surface area contributed by atoms with Crippen molar-refractivity contribution < 1.29 is 0 Å². The van der Waals surface area contributed by atoms with Crippen LogP contribution in [0.5, 0.6) is 0 Å². The van der Waals surface area contributed by atoms with Crippen LogP contribution in [0.3, 0.4) is 0 Å². The smallest absolute Gasteiger partial charge is 0.164 e. The van der Waals surface area contributed by atoms with Crippen molar-refractivity contribution in [2.75, 3.05) is 0 Å². The van der Waals surface area contributed by atoms with Gasteiger partial charge >= 0.3 is 0 Å². The third-order valence-corrected chi connectivity index (χ3v) is 11.9. The molecular formula is C56H34N4. The van der Waals surface area contributed by atoms with E-state index in [-0.39, 0.29) is 0 Å². The van der Waals surface area contributed by atoms with E-state index in [9.17, 15) is 0 Å². The maximum absolute atomic E-state index is 5.42. The number of benzene rings is 10. The van der Waals surface area contributed by atoms with Crippen LogP contribution in [0, 0.1) is 0 Å². The quantitative estimate of drug-likeness (QED) is 0.158. The Balaban J connectivity index is 1.01. The normalized spacial score (nSPS) is 11.7. The number of aromatic nitrogens is 4. The monoisotopic (exact) mass is 762 g/mol. The Morgan fingerprint density at radius 3 is 1.30 bits per heavy atom.